The molecule has 1 saturated heterocycles. The lowest BCUT2D eigenvalue weighted by molar-refractivity contribution is -0.128. The van der Waals surface area contributed by atoms with E-state index >= 15 is 0 Å². The summed E-state index contributed by atoms with van der Waals surface area (Å²) in [7, 11) is 4.18. The SMILES string of the molecule is CC(C)C(C(=O)NN)N(C)C1CCN(C)CC1. The zero-order valence-electron chi connectivity index (χ0n) is 11.4. The van der Waals surface area contributed by atoms with E-state index in [2.05, 4.69) is 36.1 Å². The summed E-state index contributed by atoms with van der Waals surface area (Å²) in [4.78, 5) is 16.3. The lowest BCUT2D eigenvalue weighted by Crippen LogP contribution is -2.55. The number of likely N-dealkylation sites (tertiary alicyclic amines) is 1. The molecule has 1 aliphatic rings. The second-order valence-corrected chi connectivity index (χ2v) is 5.40. The first-order valence-electron chi connectivity index (χ1n) is 6.38. The molecule has 0 aromatic carbocycles. The van der Waals surface area contributed by atoms with Crippen molar-refractivity contribution in [1.82, 2.24) is 15.2 Å². The number of nitrogens with two attached hydrogens (primary N) is 1. The minimum absolute atomic E-state index is 0.0820. The predicted molar refractivity (Wildman–Crippen MR) is 69.2 cm³/mol. The van der Waals surface area contributed by atoms with E-state index in [0.29, 0.717) is 6.04 Å². The molecule has 0 aliphatic carbocycles. The summed E-state index contributed by atoms with van der Waals surface area (Å²) < 4.78 is 0. The van der Waals surface area contributed by atoms with Gasteiger partial charge >= 0.3 is 0 Å². The summed E-state index contributed by atoms with van der Waals surface area (Å²) in [6, 6.07) is 0.351. The zero-order valence-corrected chi connectivity index (χ0v) is 11.4. The Morgan fingerprint density at radius 3 is 2.35 bits per heavy atom. The summed E-state index contributed by atoms with van der Waals surface area (Å²) in [5.74, 6) is 5.45. The fraction of sp³-hybridized carbons (Fsp3) is 0.917. The molecule has 3 N–H and O–H groups in total. The van der Waals surface area contributed by atoms with Crippen molar-refractivity contribution in [3.05, 3.63) is 0 Å². The van der Waals surface area contributed by atoms with Crippen molar-refractivity contribution in [2.75, 3.05) is 27.2 Å². The first-order chi connectivity index (χ1) is 7.97. The molecule has 0 bridgehead atoms. The normalized spacial score (nSPS) is 20.9. The number of carbonyl (C=O) groups is 1. The Labute approximate surface area is 104 Å². The second-order valence-electron chi connectivity index (χ2n) is 5.40. The molecule has 1 fully saturated rings. The molecule has 0 radical (unpaired) electrons. The highest BCUT2D eigenvalue weighted by atomic mass is 16.2. The molecular weight excluding hydrogens is 216 g/mol. The van der Waals surface area contributed by atoms with Gasteiger partial charge in [0, 0.05) is 6.04 Å². The monoisotopic (exact) mass is 242 g/mol. The van der Waals surface area contributed by atoms with Crippen LogP contribution in [0.2, 0.25) is 0 Å². The molecule has 0 aromatic heterocycles. The van der Waals surface area contributed by atoms with Gasteiger partial charge < -0.3 is 4.90 Å². The van der Waals surface area contributed by atoms with Gasteiger partial charge in [0.1, 0.15) is 0 Å². The van der Waals surface area contributed by atoms with E-state index in [1.54, 1.807) is 0 Å². The number of likely N-dealkylation sites (N-methyl/N-ethyl adjacent to an activating group) is 1. The van der Waals surface area contributed by atoms with Gasteiger partial charge in [-0.1, -0.05) is 13.8 Å². The summed E-state index contributed by atoms with van der Waals surface area (Å²) in [6.45, 7) is 6.32. The summed E-state index contributed by atoms with van der Waals surface area (Å²) >= 11 is 0. The lowest BCUT2D eigenvalue weighted by atomic mass is 9.96. The van der Waals surface area contributed by atoms with Gasteiger partial charge in [-0.2, -0.15) is 0 Å². The van der Waals surface area contributed by atoms with Crippen molar-refractivity contribution in [2.45, 2.75) is 38.8 Å². The van der Waals surface area contributed by atoms with Crippen molar-refractivity contribution < 1.29 is 4.79 Å². The van der Waals surface area contributed by atoms with Crippen LogP contribution in [0, 0.1) is 5.92 Å². The molecule has 1 aliphatic heterocycles. The van der Waals surface area contributed by atoms with Crippen molar-refractivity contribution >= 4 is 5.91 Å². The maximum Gasteiger partial charge on any atom is 0.251 e. The first-order valence-corrected chi connectivity index (χ1v) is 6.38. The topological polar surface area (TPSA) is 61.6 Å². The Balaban J connectivity index is 2.64. The number of hydrogen-bond donors (Lipinski definition) is 2. The molecule has 0 spiro atoms. The Kier molecular flexibility index (Phi) is 5.36. The Hall–Kier alpha value is -0.650. The average molecular weight is 242 g/mol. The molecule has 0 saturated carbocycles. The van der Waals surface area contributed by atoms with E-state index in [1.165, 1.54) is 0 Å². The largest absolute Gasteiger partial charge is 0.306 e. The second kappa shape index (κ2) is 6.33. The van der Waals surface area contributed by atoms with Gasteiger partial charge in [-0.3, -0.25) is 15.1 Å². The van der Waals surface area contributed by atoms with Gasteiger partial charge in [-0.15, -0.1) is 0 Å². The van der Waals surface area contributed by atoms with Crippen molar-refractivity contribution in [3.63, 3.8) is 0 Å². The van der Waals surface area contributed by atoms with E-state index in [0.717, 1.165) is 25.9 Å². The van der Waals surface area contributed by atoms with Gasteiger partial charge in [0.2, 0.25) is 0 Å². The Morgan fingerprint density at radius 2 is 1.94 bits per heavy atom. The van der Waals surface area contributed by atoms with Crippen molar-refractivity contribution in [3.8, 4) is 0 Å². The van der Waals surface area contributed by atoms with Crippen LogP contribution in [-0.2, 0) is 4.79 Å². The van der Waals surface area contributed by atoms with Crippen LogP contribution in [-0.4, -0.2) is 55.0 Å². The summed E-state index contributed by atoms with van der Waals surface area (Å²) in [5, 5.41) is 0. The number of hydrogen-bond acceptors (Lipinski definition) is 4. The third-order valence-corrected chi connectivity index (χ3v) is 3.75. The molecule has 1 unspecified atom stereocenters. The smallest absolute Gasteiger partial charge is 0.251 e. The Bertz CT molecular complexity index is 249. The predicted octanol–water partition coefficient (Wildman–Crippen LogP) is 0.0269. The van der Waals surface area contributed by atoms with Gasteiger partial charge in [-0.05, 0) is 45.9 Å². The van der Waals surface area contributed by atoms with E-state index in [-0.39, 0.29) is 17.9 Å². The van der Waals surface area contributed by atoms with Crippen LogP contribution in [0.3, 0.4) is 0 Å². The van der Waals surface area contributed by atoms with Crippen LogP contribution in [0.25, 0.3) is 0 Å². The fourth-order valence-corrected chi connectivity index (χ4v) is 2.67. The number of piperidine rings is 1. The first kappa shape index (κ1) is 14.4. The quantitative estimate of drug-likeness (QED) is 0.415. The third-order valence-electron chi connectivity index (χ3n) is 3.75. The standard InChI is InChI=1S/C12H26N4O/c1-9(2)11(12(17)14-13)16(4)10-5-7-15(3)8-6-10/h9-11H,5-8,13H2,1-4H3,(H,14,17). The minimum atomic E-state index is -0.131. The molecule has 100 valence electrons. The van der Waals surface area contributed by atoms with Gasteiger partial charge in [0.25, 0.3) is 5.91 Å². The highest BCUT2D eigenvalue weighted by Crippen LogP contribution is 2.20. The number of amides is 1. The van der Waals surface area contributed by atoms with Crippen LogP contribution in [0.1, 0.15) is 26.7 Å². The molecule has 5 heteroatoms. The van der Waals surface area contributed by atoms with Crippen LogP contribution >= 0.6 is 0 Å². The summed E-state index contributed by atoms with van der Waals surface area (Å²) in [6.07, 6.45) is 2.24. The van der Waals surface area contributed by atoms with E-state index in [9.17, 15) is 4.79 Å². The number of nitrogens with one attached hydrogen (secondary N) is 1. The molecule has 1 heterocycles. The number of rotatable bonds is 4. The number of hydrazine groups is 1. The highest BCUT2D eigenvalue weighted by Gasteiger charge is 2.31. The fourth-order valence-electron chi connectivity index (χ4n) is 2.67. The van der Waals surface area contributed by atoms with Crippen LogP contribution in [0.4, 0.5) is 0 Å². The third kappa shape index (κ3) is 3.66. The molecule has 1 atom stereocenters. The number of nitrogens with zero attached hydrogens (tertiary/aromatic N) is 2. The average Bonchev–Trinajstić information content (AvgIpc) is 2.29. The van der Waals surface area contributed by atoms with Crippen LogP contribution < -0.4 is 11.3 Å². The lowest BCUT2D eigenvalue weighted by Gasteiger charge is -2.40. The molecule has 1 rings (SSSR count). The maximum atomic E-state index is 11.8. The van der Waals surface area contributed by atoms with Crippen LogP contribution in [0.5, 0.6) is 0 Å². The number of carbonyl (C=O) groups excluding carboxylic acids is 1. The molecule has 0 aromatic rings. The van der Waals surface area contributed by atoms with E-state index < -0.39 is 0 Å². The molecular formula is C12H26N4O. The van der Waals surface area contributed by atoms with Crippen LogP contribution in [0.15, 0.2) is 0 Å². The van der Waals surface area contributed by atoms with Gasteiger partial charge in [0.05, 0.1) is 6.04 Å². The van der Waals surface area contributed by atoms with Crippen molar-refractivity contribution in [1.29, 1.82) is 0 Å². The van der Waals surface area contributed by atoms with Gasteiger partial charge in [0.15, 0.2) is 0 Å². The van der Waals surface area contributed by atoms with E-state index in [1.807, 2.05) is 7.05 Å². The Morgan fingerprint density at radius 1 is 1.41 bits per heavy atom. The molecule has 17 heavy (non-hydrogen) atoms. The molecule has 5 nitrogen and oxygen atoms in total. The zero-order chi connectivity index (χ0) is 13.0. The summed E-state index contributed by atoms with van der Waals surface area (Å²) in [5.41, 5.74) is 2.28. The maximum absolute atomic E-state index is 11.8. The molecule has 1 amide bonds. The minimum Gasteiger partial charge on any atom is -0.306 e. The highest BCUT2D eigenvalue weighted by molar-refractivity contribution is 5.81. The van der Waals surface area contributed by atoms with E-state index in [4.69, 9.17) is 5.84 Å². The van der Waals surface area contributed by atoms with Crippen molar-refractivity contribution in [2.24, 2.45) is 11.8 Å². The van der Waals surface area contributed by atoms with Gasteiger partial charge in [-0.25, -0.2) is 5.84 Å².